The maximum Gasteiger partial charge on any atom is 0.331 e. The van der Waals surface area contributed by atoms with Gasteiger partial charge in [-0.05, 0) is 17.3 Å². The number of carbonyl (C=O) groups is 1. The Morgan fingerprint density at radius 3 is 2.73 bits per heavy atom. The third kappa shape index (κ3) is 8.06. The van der Waals surface area contributed by atoms with Gasteiger partial charge in [0.1, 0.15) is 6.61 Å². The lowest BCUT2D eigenvalue weighted by molar-refractivity contribution is -0.145. The fourth-order valence-corrected chi connectivity index (χ4v) is 1.05. The van der Waals surface area contributed by atoms with Gasteiger partial charge < -0.3 is 9.47 Å². The van der Waals surface area contributed by atoms with E-state index < -0.39 is 0 Å². The van der Waals surface area contributed by atoms with Crippen molar-refractivity contribution in [3.8, 4) is 0 Å². The Morgan fingerprint density at radius 1 is 1.45 bits per heavy atom. The lowest BCUT2D eigenvalue weighted by Gasteiger charge is -2.00. The van der Waals surface area contributed by atoms with Gasteiger partial charge >= 0.3 is 5.97 Å². The van der Waals surface area contributed by atoms with Crippen molar-refractivity contribution >= 4 is 28.6 Å². The van der Waals surface area contributed by atoms with Crippen LogP contribution in [0.15, 0.2) is 0 Å². The highest BCUT2D eigenvalue weighted by Crippen LogP contribution is 1.94. The zero-order valence-electron chi connectivity index (χ0n) is 6.64. The minimum atomic E-state index is -0.306. The molecule has 0 aromatic rings. The second kappa shape index (κ2) is 8.26. The quantitative estimate of drug-likeness (QED) is 0.317. The van der Waals surface area contributed by atoms with Crippen molar-refractivity contribution in [2.24, 2.45) is 0 Å². The van der Waals surface area contributed by atoms with Gasteiger partial charge in [-0.25, -0.2) is 4.79 Å². The van der Waals surface area contributed by atoms with E-state index in [0.29, 0.717) is 6.61 Å². The van der Waals surface area contributed by atoms with Gasteiger partial charge in [0.05, 0.1) is 7.11 Å². The van der Waals surface area contributed by atoms with Crippen molar-refractivity contribution in [3.05, 3.63) is 0 Å². The number of ether oxygens (including phenoxy) is 2. The summed E-state index contributed by atoms with van der Waals surface area (Å²) in [5.41, 5.74) is 0. The number of hydrogen-bond acceptors (Lipinski definition) is 3. The van der Waals surface area contributed by atoms with E-state index in [9.17, 15) is 4.79 Å². The molecule has 0 atom stereocenters. The van der Waals surface area contributed by atoms with Gasteiger partial charge in [-0.15, -0.1) is 0 Å². The third-order valence-corrected chi connectivity index (χ3v) is 1.88. The van der Waals surface area contributed by atoms with Crippen molar-refractivity contribution in [2.75, 3.05) is 24.8 Å². The van der Waals surface area contributed by atoms with E-state index in [4.69, 9.17) is 4.74 Å². The average Bonchev–Trinajstić information content (AvgIpc) is 2.04. The molecule has 0 rings (SSSR count). The van der Waals surface area contributed by atoms with Crippen LogP contribution in [0.3, 0.4) is 0 Å². The Labute approximate surface area is 80.6 Å². The molecule has 11 heavy (non-hydrogen) atoms. The molecule has 0 aliphatic heterocycles. The number of alkyl halides is 1. The Morgan fingerprint density at radius 2 is 2.18 bits per heavy atom. The van der Waals surface area contributed by atoms with Crippen LogP contribution in [0.5, 0.6) is 0 Å². The van der Waals surface area contributed by atoms with Crippen LogP contribution in [-0.4, -0.2) is 30.7 Å². The molecular formula is C7H13IO3. The standard InChI is InChI=1S/C7H13IO3/c1-10-7(9)6-11-5-3-2-4-8/h2-6H2,1H3. The molecule has 0 unspecified atom stereocenters. The molecule has 66 valence electrons. The molecule has 0 aliphatic carbocycles. The summed E-state index contributed by atoms with van der Waals surface area (Å²) in [5.74, 6) is -0.306. The first-order chi connectivity index (χ1) is 5.31. The molecule has 0 saturated heterocycles. The Bertz CT molecular complexity index is 106. The largest absolute Gasteiger partial charge is 0.467 e. The molecule has 0 amide bonds. The zero-order chi connectivity index (χ0) is 8.53. The van der Waals surface area contributed by atoms with Crippen LogP contribution >= 0.6 is 22.6 Å². The molecule has 0 N–H and O–H groups in total. The average molecular weight is 272 g/mol. The zero-order valence-corrected chi connectivity index (χ0v) is 8.80. The van der Waals surface area contributed by atoms with Gasteiger partial charge in [-0.3, -0.25) is 0 Å². The molecule has 0 radical (unpaired) electrons. The van der Waals surface area contributed by atoms with Crippen LogP contribution in [0.1, 0.15) is 12.8 Å². The second-order valence-electron chi connectivity index (χ2n) is 2.02. The van der Waals surface area contributed by atoms with Crippen molar-refractivity contribution in [2.45, 2.75) is 12.8 Å². The summed E-state index contributed by atoms with van der Waals surface area (Å²) in [7, 11) is 1.36. The minimum Gasteiger partial charge on any atom is -0.467 e. The van der Waals surface area contributed by atoms with Gasteiger partial charge in [-0.1, -0.05) is 22.6 Å². The van der Waals surface area contributed by atoms with Gasteiger partial charge in [0, 0.05) is 6.61 Å². The van der Waals surface area contributed by atoms with E-state index in [2.05, 4.69) is 27.3 Å². The number of rotatable bonds is 6. The van der Waals surface area contributed by atoms with Crippen molar-refractivity contribution in [1.82, 2.24) is 0 Å². The topological polar surface area (TPSA) is 35.5 Å². The summed E-state index contributed by atoms with van der Waals surface area (Å²) in [4.78, 5) is 10.5. The van der Waals surface area contributed by atoms with E-state index in [1.165, 1.54) is 7.11 Å². The molecule has 0 bridgehead atoms. The molecular weight excluding hydrogens is 259 g/mol. The van der Waals surface area contributed by atoms with E-state index in [1.54, 1.807) is 0 Å². The number of unbranched alkanes of at least 4 members (excludes halogenated alkanes) is 1. The lowest BCUT2D eigenvalue weighted by Crippen LogP contribution is -2.10. The Hall–Kier alpha value is 0.160. The van der Waals surface area contributed by atoms with Crippen LogP contribution in [-0.2, 0) is 14.3 Å². The van der Waals surface area contributed by atoms with Crippen LogP contribution in [0.2, 0.25) is 0 Å². The summed E-state index contributed by atoms with van der Waals surface area (Å²) in [6.07, 6.45) is 2.15. The third-order valence-electron chi connectivity index (χ3n) is 1.12. The van der Waals surface area contributed by atoms with Crippen LogP contribution in [0.25, 0.3) is 0 Å². The number of hydrogen-bond donors (Lipinski definition) is 0. The van der Waals surface area contributed by atoms with Crippen LogP contribution in [0.4, 0.5) is 0 Å². The van der Waals surface area contributed by atoms with Gasteiger partial charge in [0.15, 0.2) is 0 Å². The number of esters is 1. The molecule has 0 saturated carbocycles. The summed E-state index contributed by atoms with van der Waals surface area (Å²) in [6, 6.07) is 0. The highest BCUT2D eigenvalue weighted by molar-refractivity contribution is 14.1. The summed E-state index contributed by atoms with van der Waals surface area (Å²) < 4.78 is 10.5. The number of halogens is 1. The molecule has 0 spiro atoms. The highest BCUT2D eigenvalue weighted by Gasteiger charge is 1.97. The molecule has 0 aliphatic rings. The fourth-order valence-electron chi connectivity index (χ4n) is 0.513. The molecule has 3 nitrogen and oxygen atoms in total. The second-order valence-corrected chi connectivity index (χ2v) is 3.10. The highest BCUT2D eigenvalue weighted by atomic mass is 127. The maximum absolute atomic E-state index is 10.5. The van der Waals surface area contributed by atoms with Crippen molar-refractivity contribution < 1.29 is 14.3 Å². The van der Waals surface area contributed by atoms with E-state index in [0.717, 1.165) is 17.3 Å². The lowest BCUT2D eigenvalue weighted by atomic mass is 10.4. The number of carbonyl (C=O) groups excluding carboxylic acids is 1. The monoisotopic (exact) mass is 272 g/mol. The Kier molecular flexibility index (Phi) is 8.38. The van der Waals surface area contributed by atoms with Gasteiger partial charge in [-0.2, -0.15) is 0 Å². The first kappa shape index (κ1) is 11.2. The SMILES string of the molecule is COC(=O)COCCCCI. The molecule has 0 aromatic heterocycles. The summed E-state index contributed by atoms with van der Waals surface area (Å²) in [5, 5.41) is 0. The number of methoxy groups -OCH3 is 1. The summed E-state index contributed by atoms with van der Waals surface area (Å²) in [6.45, 7) is 0.732. The first-order valence-corrected chi connectivity index (χ1v) is 5.04. The molecule has 0 fully saturated rings. The van der Waals surface area contributed by atoms with E-state index >= 15 is 0 Å². The summed E-state index contributed by atoms with van der Waals surface area (Å²) >= 11 is 2.31. The van der Waals surface area contributed by atoms with Crippen LogP contribution in [0, 0.1) is 0 Å². The minimum absolute atomic E-state index is 0.0811. The smallest absolute Gasteiger partial charge is 0.331 e. The van der Waals surface area contributed by atoms with Gasteiger partial charge in [0.2, 0.25) is 0 Å². The van der Waals surface area contributed by atoms with E-state index in [1.807, 2.05) is 0 Å². The Balaban J connectivity index is 2.95. The predicted molar refractivity (Wildman–Crippen MR) is 51.0 cm³/mol. The molecule has 0 heterocycles. The molecule has 0 aromatic carbocycles. The normalized spacial score (nSPS) is 9.64. The van der Waals surface area contributed by atoms with Gasteiger partial charge in [0.25, 0.3) is 0 Å². The maximum atomic E-state index is 10.5. The molecule has 4 heteroatoms. The van der Waals surface area contributed by atoms with Crippen LogP contribution < -0.4 is 0 Å². The fraction of sp³-hybridized carbons (Fsp3) is 0.857. The van der Waals surface area contributed by atoms with Crippen molar-refractivity contribution in [1.29, 1.82) is 0 Å². The van der Waals surface area contributed by atoms with Crippen molar-refractivity contribution in [3.63, 3.8) is 0 Å². The first-order valence-electron chi connectivity index (χ1n) is 3.51. The predicted octanol–water partition coefficient (Wildman–Crippen LogP) is 1.39. The van der Waals surface area contributed by atoms with E-state index in [-0.39, 0.29) is 12.6 Å².